The van der Waals surface area contributed by atoms with Crippen LogP contribution in [-0.4, -0.2) is 23.8 Å². The summed E-state index contributed by atoms with van der Waals surface area (Å²) in [6.07, 6.45) is 5.04. The van der Waals surface area contributed by atoms with Crippen LogP contribution in [0.5, 0.6) is 0 Å². The minimum atomic E-state index is 0. The number of aromatic nitrogens is 1. The molecule has 1 aliphatic heterocycles. The smallest absolute Gasteiger partial charge is 0.0278 e. The molecule has 2 rings (SSSR count). The number of hydrogen-bond donors (Lipinski definition) is 1. The average Bonchev–Trinajstić information content (AvgIpc) is 2.69. The first kappa shape index (κ1) is 11.8. The largest absolute Gasteiger partial charge is 0.316 e. The lowest BCUT2D eigenvalue weighted by Gasteiger charge is -2.06. The fourth-order valence-corrected chi connectivity index (χ4v) is 2.53. The first-order valence-corrected chi connectivity index (χ1v) is 5.67. The van der Waals surface area contributed by atoms with Crippen molar-refractivity contribution in [1.82, 2.24) is 10.3 Å². The van der Waals surface area contributed by atoms with Crippen LogP contribution in [0.25, 0.3) is 0 Å². The molecule has 2 nitrogen and oxygen atoms in total. The van der Waals surface area contributed by atoms with Gasteiger partial charge in [-0.25, -0.2) is 0 Å². The van der Waals surface area contributed by atoms with Crippen LogP contribution in [0, 0.1) is 5.92 Å². The van der Waals surface area contributed by atoms with E-state index < -0.39 is 0 Å². The van der Waals surface area contributed by atoms with Crippen molar-refractivity contribution in [2.24, 2.45) is 5.92 Å². The summed E-state index contributed by atoms with van der Waals surface area (Å²) in [5.41, 5.74) is 0. The molecule has 1 atom stereocenters. The van der Waals surface area contributed by atoms with Gasteiger partial charge in [0.2, 0.25) is 0 Å². The molecule has 1 aromatic heterocycles. The summed E-state index contributed by atoms with van der Waals surface area (Å²) < 4.78 is 0. The van der Waals surface area contributed by atoms with Gasteiger partial charge in [-0.1, -0.05) is 0 Å². The van der Waals surface area contributed by atoms with Crippen LogP contribution in [0.1, 0.15) is 6.42 Å². The van der Waals surface area contributed by atoms with E-state index >= 15 is 0 Å². The summed E-state index contributed by atoms with van der Waals surface area (Å²) in [7, 11) is 0. The minimum Gasteiger partial charge on any atom is -0.316 e. The second-order valence-electron chi connectivity index (χ2n) is 3.35. The molecule has 0 aromatic carbocycles. The van der Waals surface area contributed by atoms with E-state index in [2.05, 4.69) is 22.4 Å². The molecule has 1 unspecified atom stereocenters. The van der Waals surface area contributed by atoms with E-state index in [9.17, 15) is 0 Å². The van der Waals surface area contributed by atoms with Gasteiger partial charge < -0.3 is 5.32 Å². The molecule has 1 N–H and O–H groups in total. The zero-order valence-electron chi connectivity index (χ0n) is 7.98. The van der Waals surface area contributed by atoms with Gasteiger partial charge in [-0.2, -0.15) is 0 Å². The quantitative estimate of drug-likeness (QED) is 0.806. The summed E-state index contributed by atoms with van der Waals surface area (Å²) in [5.74, 6) is 2.09. The SMILES string of the molecule is Cl.c1cc(SCC2CCNC2)ccn1. The Morgan fingerprint density at radius 1 is 1.43 bits per heavy atom. The lowest BCUT2D eigenvalue weighted by molar-refractivity contribution is 0.662. The van der Waals surface area contributed by atoms with Crippen LogP contribution in [0.2, 0.25) is 0 Å². The maximum Gasteiger partial charge on any atom is 0.0278 e. The van der Waals surface area contributed by atoms with Crippen molar-refractivity contribution in [2.45, 2.75) is 11.3 Å². The Labute approximate surface area is 95.3 Å². The fourth-order valence-electron chi connectivity index (χ4n) is 1.51. The molecular weight excluding hydrogens is 216 g/mol. The predicted octanol–water partition coefficient (Wildman–Crippen LogP) is 2.21. The number of nitrogens with one attached hydrogen (secondary N) is 1. The standard InChI is InChI=1S/C10H14N2S.ClH/c1-4-12-7-9(1)8-13-10-2-5-11-6-3-10;/h2-3,5-6,9,12H,1,4,7-8H2;1H. The molecule has 4 heteroatoms. The fraction of sp³-hybridized carbons (Fsp3) is 0.500. The van der Waals surface area contributed by atoms with Crippen molar-refractivity contribution in [3.05, 3.63) is 24.5 Å². The zero-order chi connectivity index (χ0) is 8.93. The van der Waals surface area contributed by atoms with Crippen LogP contribution in [-0.2, 0) is 0 Å². The van der Waals surface area contributed by atoms with E-state index in [0.29, 0.717) is 0 Å². The maximum absolute atomic E-state index is 4.00. The Morgan fingerprint density at radius 3 is 2.86 bits per heavy atom. The van der Waals surface area contributed by atoms with Crippen LogP contribution < -0.4 is 5.32 Å². The number of hydrogen-bond acceptors (Lipinski definition) is 3. The molecule has 0 radical (unpaired) electrons. The summed E-state index contributed by atoms with van der Waals surface area (Å²) >= 11 is 1.94. The van der Waals surface area contributed by atoms with E-state index in [1.54, 1.807) is 0 Å². The Bertz CT molecular complexity index is 250. The Kier molecular flexibility index (Phi) is 5.30. The molecule has 1 aromatic rings. The van der Waals surface area contributed by atoms with E-state index in [-0.39, 0.29) is 12.4 Å². The normalized spacial score (nSPS) is 20.4. The highest BCUT2D eigenvalue weighted by atomic mass is 35.5. The second-order valence-corrected chi connectivity index (χ2v) is 4.45. The summed E-state index contributed by atoms with van der Waals surface area (Å²) in [5, 5.41) is 3.38. The van der Waals surface area contributed by atoms with Crippen LogP contribution in [0.15, 0.2) is 29.4 Å². The van der Waals surface area contributed by atoms with Gasteiger partial charge in [0.15, 0.2) is 0 Å². The molecule has 0 aliphatic carbocycles. The molecule has 14 heavy (non-hydrogen) atoms. The monoisotopic (exact) mass is 230 g/mol. The van der Waals surface area contributed by atoms with Gasteiger partial charge in [-0.05, 0) is 37.6 Å². The number of thioether (sulfide) groups is 1. The zero-order valence-corrected chi connectivity index (χ0v) is 9.61. The van der Waals surface area contributed by atoms with Crippen molar-refractivity contribution >= 4 is 24.2 Å². The third kappa shape index (κ3) is 3.48. The van der Waals surface area contributed by atoms with Gasteiger partial charge in [0, 0.05) is 23.0 Å². The summed E-state index contributed by atoms with van der Waals surface area (Å²) in [4.78, 5) is 5.33. The molecule has 1 saturated heterocycles. The van der Waals surface area contributed by atoms with Gasteiger partial charge in [-0.3, -0.25) is 4.98 Å². The summed E-state index contributed by atoms with van der Waals surface area (Å²) in [6, 6.07) is 4.15. The van der Waals surface area contributed by atoms with Crippen molar-refractivity contribution in [3.8, 4) is 0 Å². The van der Waals surface area contributed by atoms with E-state index in [4.69, 9.17) is 0 Å². The highest BCUT2D eigenvalue weighted by Gasteiger charge is 2.13. The van der Waals surface area contributed by atoms with Gasteiger partial charge in [0.1, 0.15) is 0 Å². The van der Waals surface area contributed by atoms with E-state index in [1.165, 1.54) is 30.2 Å². The average molecular weight is 231 g/mol. The van der Waals surface area contributed by atoms with Crippen molar-refractivity contribution < 1.29 is 0 Å². The van der Waals surface area contributed by atoms with Gasteiger partial charge >= 0.3 is 0 Å². The third-order valence-electron chi connectivity index (χ3n) is 2.30. The molecular formula is C10H15ClN2S. The number of pyridine rings is 1. The highest BCUT2D eigenvalue weighted by molar-refractivity contribution is 7.99. The van der Waals surface area contributed by atoms with Crippen molar-refractivity contribution in [2.75, 3.05) is 18.8 Å². The van der Waals surface area contributed by atoms with Gasteiger partial charge in [0.05, 0.1) is 0 Å². The Hall–Kier alpha value is -0.250. The number of nitrogens with zero attached hydrogens (tertiary/aromatic N) is 1. The van der Waals surface area contributed by atoms with Gasteiger partial charge in [-0.15, -0.1) is 24.2 Å². The van der Waals surface area contributed by atoms with Crippen molar-refractivity contribution in [1.29, 1.82) is 0 Å². The number of halogens is 1. The second kappa shape index (κ2) is 6.27. The lowest BCUT2D eigenvalue weighted by Crippen LogP contribution is -2.10. The van der Waals surface area contributed by atoms with E-state index in [1.807, 2.05) is 24.2 Å². The first-order chi connectivity index (χ1) is 6.45. The molecule has 78 valence electrons. The molecule has 0 saturated carbocycles. The Morgan fingerprint density at radius 2 is 2.21 bits per heavy atom. The first-order valence-electron chi connectivity index (χ1n) is 4.69. The molecule has 1 fully saturated rings. The molecule has 0 amide bonds. The Balaban J connectivity index is 0.000000980. The number of rotatable bonds is 3. The predicted molar refractivity (Wildman–Crippen MR) is 63.2 cm³/mol. The van der Waals surface area contributed by atoms with E-state index in [0.717, 1.165) is 5.92 Å². The van der Waals surface area contributed by atoms with Crippen molar-refractivity contribution in [3.63, 3.8) is 0 Å². The maximum atomic E-state index is 4.00. The lowest BCUT2D eigenvalue weighted by atomic mass is 10.2. The molecule has 0 spiro atoms. The van der Waals surface area contributed by atoms with Crippen LogP contribution in [0.3, 0.4) is 0 Å². The minimum absolute atomic E-state index is 0. The molecule has 2 heterocycles. The topological polar surface area (TPSA) is 24.9 Å². The molecule has 0 bridgehead atoms. The van der Waals surface area contributed by atoms with Gasteiger partial charge in [0.25, 0.3) is 0 Å². The highest BCUT2D eigenvalue weighted by Crippen LogP contribution is 2.22. The molecule has 1 aliphatic rings. The van der Waals surface area contributed by atoms with Crippen LogP contribution >= 0.6 is 24.2 Å². The summed E-state index contributed by atoms with van der Waals surface area (Å²) in [6.45, 7) is 2.39. The van der Waals surface area contributed by atoms with Crippen LogP contribution in [0.4, 0.5) is 0 Å². The third-order valence-corrected chi connectivity index (χ3v) is 3.54.